The molecule has 0 bridgehead atoms. The number of hydrogen-bond donors (Lipinski definition) is 2. The van der Waals surface area contributed by atoms with Gasteiger partial charge in [-0.25, -0.2) is 0 Å². The lowest BCUT2D eigenvalue weighted by atomic mass is 10.1. The molecule has 3 N–H and O–H groups in total. The summed E-state index contributed by atoms with van der Waals surface area (Å²) >= 11 is 0. The Hall–Kier alpha value is -1.79. The van der Waals surface area contributed by atoms with Crippen molar-refractivity contribution in [2.75, 3.05) is 32.8 Å². The third-order valence-electron chi connectivity index (χ3n) is 4.09. The van der Waals surface area contributed by atoms with Gasteiger partial charge in [-0.3, -0.25) is 9.69 Å². The number of piperidine rings is 1. The van der Waals surface area contributed by atoms with Gasteiger partial charge in [0.15, 0.2) is 11.5 Å². The Morgan fingerprint density at radius 3 is 3.00 bits per heavy atom. The molecule has 2 atom stereocenters. The van der Waals surface area contributed by atoms with Gasteiger partial charge < -0.3 is 20.5 Å². The van der Waals surface area contributed by atoms with Crippen LogP contribution in [0.5, 0.6) is 11.5 Å². The zero-order valence-electron chi connectivity index (χ0n) is 12.7. The Balaban J connectivity index is 1.52. The molecule has 0 radical (unpaired) electrons. The monoisotopic (exact) mass is 305 g/mol. The molecule has 0 saturated carbocycles. The van der Waals surface area contributed by atoms with E-state index >= 15 is 0 Å². The minimum atomic E-state index is -0.0852. The van der Waals surface area contributed by atoms with Gasteiger partial charge in [0.1, 0.15) is 12.7 Å². The van der Waals surface area contributed by atoms with E-state index in [-0.39, 0.29) is 24.6 Å². The largest absolute Gasteiger partial charge is 0.486 e. The Labute approximate surface area is 130 Å². The van der Waals surface area contributed by atoms with Crippen molar-refractivity contribution in [2.45, 2.75) is 25.0 Å². The fourth-order valence-electron chi connectivity index (χ4n) is 3.07. The summed E-state index contributed by atoms with van der Waals surface area (Å²) in [7, 11) is 0. The van der Waals surface area contributed by atoms with Crippen LogP contribution in [0.2, 0.25) is 0 Å². The van der Waals surface area contributed by atoms with Crippen molar-refractivity contribution in [1.82, 2.24) is 10.2 Å². The van der Waals surface area contributed by atoms with E-state index < -0.39 is 0 Å². The van der Waals surface area contributed by atoms with Gasteiger partial charge in [-0.1, -0.05) is 12.1 Å². The van der Waals surface area contributed by atoms with Gasteiger partial charge in [0.05, 0.1) is 6.54 Å². The van der Waals surface area contributed by atoms with Gasteiger partial charge in [0.2, 0.25) is 5.91 Å². The molecule has 1 aromatic rings. The third-order valence-corrected chi connectivity index (χ3v) is 4.09. The zero-order valence-corrected chi connectivity index (χ0v) is 12.7. The Kier molecular flexibility index (Phi) is 4.80. The van der Waals surface area contributed by atoms with E-state index in [1.807, 2.05) is 24.3 Å². The molecule has 1 aromatic carbocycles. The number of carbonyl (C=O) groups excluding carboxylic acids is 1. The Morgan fingerprint density at radius 1 is 1.36 bits per heavy atom. The summed E-state index contributed by atoms with van der Waals surface area (Å²) in [6, 6.07) is 7.93. The van der Waals surface area contributed by atoms with Crippen LogP contribution in [0.1, 0.15) is 12.8 Å². The highest BCUT2D eigenvalue weighted by Crippen LogP contribution is 2.31. The molecule has 120 valence electrons. The van der Waals surface area contributed by atoms with Gasteiger partial charge in [-0.15, -0.1) is 0 Å². The summed E-state index contributed by atoms with van der Waals surface area (Å²) in [6.07, 6.45) is 2.10. The quantitative estimate of drug-likeness (QED) is 0.840. The van der Waals surface area contributed by atoms with E-state index in [0.717, 1.165) is 44.0 Å². The van der Waals surface area contributed by atoms with Crippen molar-refractivity contribution in [3.05, 3.63) is 24.3 Å². The molecule has 0 aliphatic carbocycles. The molecule has 1 amide bonds. The molecule has 0 aromatic heterocycles. The van der Waals surface area contributed by atoms with Crippen LogP contribution in [-0.2, 0) is 4.79 Å². The number of rotatable bonds is 4. The van der Waals surface area contributed by atoms with E-state index in [0.29, 0.717) is 6.61 Å². The molecule has 2 aliphatic rings. The summed E-state index contributed by atoms with van der Waals surface area (Å²) in [6.45, 7) is 3.28. The van der Waals surface area contributed by atoms with Crippen LogP contribution in [-0.4, -0.2) is 55.7 Å². The molecule has 3 rings (SSSR count). The number of benzene rings is 1. The molecule has 1 saturated heterocycles. The van der Waals surface area contributed by atoms with E-state index in [4.69, 9.17) is 15.2 Å². The van der Waals surface area contributed by atoms with Crippen molar-refractivity contribution >= 4 is 5.91 Å². The first-order valence-corrected chi connectivity index (χ1v) is 7.85. The van der Waals surface area contributed by atoms with Crippen molar-refractivity contribution < 1.29 is 14.3 Å². The minimum absolute atomic E-state index is 0.0267. The van der Waals surface area contributed by atoms with Gasteiger partial charge in [-0.05, 0) is 31.5 Å². The van der Waals surface area contributed by atoms with Crippen LogP contribution < -0.4 is 20.5 Å². The zero-order chi connectivity index (χ0) is 15.4. The van der Waals surface area contributed by atoms with Crippen LogP contribution in [0.25, 0.3) is 0 Å². The molecule has 6 heteroatoms. The third kappa shape index (κ3) is 3.69. The maximum Gasteiger partial charge on any atom is 0.233 e. The van der Waals surface area contributed by atoms with E-state index in [2.05, 4.69) is 10.2 Å². The van der Waals surface area contributed by atoms with E-state index in [9.17, 15) is 4.79 Å². The van der Waals surface area contributed by atoms with Crippen molar-refractivity contribution in [2.24, 2.45) is 5.73 Å². The summed E-state index contributed by atoms with van der Waals surface area (Å²) in [5.74, 6) is 1.53. The summed E-state index contributed by atoms with van der Waals surface area (Å²) in [5, 5.41) is 2.97. The van der Waals surface area contributed by atoms with Crippen LogP contribution in [0, 0.1) is 0 Å². The van der Waals surface area contributed by atoms with Crippen LogP contribution in [0.15, 0.2) is 24.3 Å². The highest BCUT2D eigenvalue weighted by Gasteiger charge is 2.27. The predicted molar refractivity (Wildman–Crippen MR) is 83.0 cm³/mol. The molecule has 2 heterocycles. The summed E-state index contributed by atoms with van der Waals surface area (Å²) in [5.41, 5.74) is 5.36. The Bertz CT molecular complexity index is 523. The number of amides is 1. The van der Waals surface area contributed by atoms with E-state index in [1.54, 1.807) is 0 Å². The highest BCUT2D eigenvalue weighted by atomic mass is 16.6. The maximum atomic E-state index is 11.4. The van der Waals surface area contributed by atoms with Crippen LogP contribution in [0.4, 0.5) is 0 Å². The lowest BCUT2D eigenvalue weighted by molar-refractivity contribution is -0.120. The second kappa shape index (κ2) is 6.98. The number of nitrogens with zero attached hydrogens (tertiary/aromatic N) is 1. The molecular weight excluding hydrogens is 282 g/mol. The number of fused-ring (bicyclic) bond motifs is 1. The standard InChI is InChI=1S/C16H23N3O3/c17-8-16(20)18-12-4-3-7-19(9-12)10-13-11-21-14-5-1-2-6-15(14)22-13/h1-2,5-6,12-13H,3-4,7-11,17H2,(H,18,20)/t12-,13-/m0/s1. The van der Waals surface area contributed by atoms with Crippen LogP contribution in [0.3, 0.4) is 0 Å². The smallest absolute Gasteiger partial charge is 0.233 e. The second-order valence-corrected chi connectivity index (χ2v) is 5.87. The predicted octanol–water partition coefficient (Wildman–Crippen LogP) is 0.366. The van der Waals surface area contributed by atoms with Gasteiger partial charge in [0.25, 0.3) is 0 Å². The van der Waals surface area contributed by atoms with Gasteiger partial charge in [0, 0.05) is 19.1 Å². The first-order chi connectivity index (χ1) is 10.7. The topological polar surface area (TPSA) is 76.8 Å². The normalized spacial score (nSPS) is 24.8. The summed E-state index contributed by atoms with van der Waals surface area (Å²) in [4.78, 5) is 13.7. The molecular formula is C16H23N3O3. The number of likely N-dealkylation sites (tertiary alicyclic amines) is 1. The highest BCUT2D eigenvalue weighted by molar-refractivity contribution is 5.78. The first-order valence-electron chi connectivity index (χ1n) is 7.85. The number of nitrogens with two attached hydrogens (primary N) is 1. The Morgan fingerprint density at radius 2 is 2.18 bits per heavy atom. The van der Waals surface area contributed by atoms with E-state index in [1.165, 1.54) is 0 Å². The van der Waals surface area contributed by atoms with Crippen LogP contribution >= 0.6 is 0 Å². The number of para-hydroxylation sites is 2. The van der Waals surface area contributed by atoms with Crippen molar-refractivity contribution in [3.8, 4) is 11.5 Å². The maximum absolute atomic E-state index is 11.4. The summed E-state index contributed by atoms with van der Waals surface area (Å²) < 4.78 is 11.7. The molecule has 1 fully saturated rings. The molecule has 0 unspecified atom stereocenters. The lowest BCUT2D eigenvalue weighted by Gasteiger charge is -2.36. The number of carbonyl (C=O) groups is 1. The fourth-order valence-corrected chi connectivity index (χ4v) is 3.07. The molecule has 0 spiro atoms. The van der Waals surface area contributed by atoms with Crippen molar-refractivity contribution in [3.63, 3.8) is 0 Å². The number of ether oxygens (including phenoxy) is 2. The first kappa shape index (κ1) is 15.1. The van der Waals surface area contributed by atoms with Gasteiger partial charge >= 0.3 is 0 Å². The fraction of sp³-hybridized carbons (Fsp3) is 0.562. The minimum Gasteiger partial charge on any atom is -0.486 e. The lowest BCUT2D eigenvalue weighted by Crippen LogP contribution is -2.52. The second-order valence-electron chi connectivity index (χ2n) is 5.87. The van der Waals surface area contributed by atoms with Gasteiger partial charge in [-0.2, -0.15) is 0 Å². The average molecular weight is 305 g/mol. The average Bonchev–Trinajstić information content (AvgIpc) is 2.55. The SMILES string of the molecule is NCC(=O)N[C@H]1CCCN(C[C@H]2COc3ccccc3O2)C1. The van der Waals surface area contributed by atoms with Crippen molar-refractivity contribution in [1.29, 1.82) is 0 Å². The molecule has 6 nitrogen and oxygen atoms in total. The molecule has 2 aliphatic heterocycles. The number of hydrogen-bond acceptors (Lipinski definition) is 5. The molecule has 22 heavy (non-hydrogen) atoms. The number of nitrogens with one attached hydrogen (secondary N) is 1.